The molecule has 0 spiro atoms. The number of aromatic nitrogens is 4. The number of anilines is 1. The van der Waals surface area contributed by atoms with Crippen LogP contribution in [0.15, 0.2) is 12.1 Å². The van der Waals surface area contributed by atoms with E-state index in [4.69, 9.17) is 4.74 Å². The predicted octanol–water partition coefficient (Wildman–Crippen LogP) is 1.06. The van der Waals surface area contributed by atoms with E-state index < -0.39 is 0 Å². The number of tetrazole rings is 1. The number of rotatable bonds is 3. The van der Waals surface area contributed by atoms with Crippen molar-refractivity contribution in [1.29, 1.82) is 0 Å². The Morgan fingerprint density at radius 3 is 2.75 bits per heavy atom. The van der Waals surface area contributed by atoms with Gasteiger partial charge in [0.1, 0.15) is 6.54 Å². The van der Waals surface area contributed by atoms with E-state index in [0.717, 1.165) is 29.7 Å². The smallest absolute Gasteiger partial charge is 0.338 e. The van der Waals surface area contributed by atoms with Crippen molar-refractivity contribution in [2.45, 2.75) is 33.2 Å². The van der Waals surface area contributed by atoms with E-state index in [0.29, 0.717) is 17.9 Å². The summed E-state index contributed by atoms with van der Waals surface area (Å²) in [6.45, 7) is 4.27. The second kappa shape index (κ2) is 6.38. The molecule has 126 valence electrons. The molecular weight excluding hydrogens is 310 g/mol. The average molecular weight is 329 g/mol. The highest BCUT2D eigenvalue weighted by molar-refractivity contribution is 5.99. The topological polar surface area (TPSA) is 90.2 Å². The van der Waals surface area contributed by atoms with Crippen molar-refractivity contribution in [2.24, 2.45) is 0 Å². The van der Waals surface area contributed by atoms with Gasteiger partial charge in [-0.1, -0.05) is 6.07 Å². The molecule has 0 unspecified atom stereocenters. The van der Waals surface area contributed by atoms with Gasteiger partial charge in [0.05, 0.1) is 18.4 Å². The molecule has 1 aromatic carbocycles. The monoisotopic (exact) mass is 329 g/mol. The van der Waals surface area contributed by atoms with Crippen molar-refractivity contribution in [1.82, 2.24) is 20.2 Å². The van der Waals surface area contributed by atoms with Crippen LogP contribution in [0.25, 0.3) is 0 Å². The van der Waals surface area contributed by atoms with Crippen LogP contribution in [0.1, 0.15) is 33.7 Å². The number of nitrogens with zero attached hydrogens (tertiary/aromatic N) is 5. The van der Waals surface area contributed by atoms with Crippen molar-refractivity contribution in [3.63, 3.8) is 0 Å². The Hall–Kier alpha value is -2.77. The van der Waals surface area contributed by atoms with Gasteiger partial charge < -0.3 is 9.64 Å². The second-order valence-corrected chi connectivity index (χ2v) is 5.76. The number of carbonyl (C=O) groups is 2. The van der Waals surface area contributed by atoms with E-state index in [1.165, 1.54) is 11.9 Å². The van der Waals surface area contributed by atoms with E-state index >= 15 is 0 Å². The Balaban J connectivity index is 1.96. The standard InChI is InChI=1S/C16H19N5O3/c1-10-6-7-13(16(23)24-3)12-5-4-8-20(15(10)12)14(22)9-21-18-11(2)17-19-21/h6-7H,4-5,8-9H2,1-3H3. The highest BCUT2D eigenvalue weighted by Crippen LogP contribution is 2.33. The number of hydrogen-bond donors (Lipinski definition) is 0. The number of amides is 1. The van der Waals surface area contributed by atoms with Crippen molar-refractivity contribution < 1.29 is 14.3 Å². The van der Waals surface area contributed by atoms with E-state index in [2.05, 4.69) is 15.4 Å². The maximum atomic E-state index is 12.7. The van der Waals surface area contributed by atoms with Gasteiger partial charge in [-0.3, -0.25) is 4.79 Å². The molecule has 2 aromatic rings. The van der Waals surface area contributed by atoms with Crippen LogP contribution in [-0.2, 0) is 22.5 Å². The minimum atomic E-state index is -0.380. The quantitative estimate of drug-likeness (QED) is 0.782. The lowest BCUT2D eigenvalue weighted by Crippen LogP contribution is -2.39. The molecule has 0 bridgehead atoms. The zero-order chi connectivity index (χ0) is 17.3. The molecule has 3 rings (SSSR count). The Labute approximate surface area is 139 Å². The minimum absolute atomic E-state index is 0.0160. The molecule has 8 heteroatoms. The first-order valence-electron chi connectivity index (χ1n) is 7.77. The van der Waals surface area contributed by atoms with E-state index in [1.54, 1.807) is 17.9 Å². The number of methoxy groups -OCH3 is 1. The van der Waals surface area contributed by atoms with Gasteiger partial charge >= 0.3 is 5.97 Å². The first-order chi connectivity index (χ1) is 11.5. The fourth-order valence-corrected chi connectivity index (χ4v) is 3.06. The molecule has 2 heterocycles. The average Bonchev–Trinajstić information content (AvgIpc) is 2.99. The summed E-state index contributed by atoms with van der Waals surface area (Å²) in [5.74, 6) is 0.0126. The van der Waals surface area contributed by atoms with Gasteiger partial charge in [-0.15, -0.1) is 10.2 Å². The summed E-state index contributed by atoms with van der Waals surface area (Å²) in [6, 6.07) is 3.60. The highest BCUT2D eigenvalue weighted by atomic mass is 16.5. The van der Waals surface area contributed by atoms with Crippen LogP contribution in [0.5, 0.6) is 0 Å². The van der Waals surface area contributed by atoms with Crippen LogP contribution < -0.4 is 4.90 Å². The van der Waals surface area contributed by atoms with Gasteiger partial charge in [0.15, 0.2) is 5.82 Å². The zero-order valence-electron chi connectivity index (χ0n) is 13.9. The van der Waals surface area contributed by atoms with Gasteiger partial charge in [0, 0.05) is 6.54 Å². The normalized spacial score (nSPS) is 13.5. The lowest BCUT2D eigenvalue weighted by Gasteiger charge is -2.32. The maximum absolute atomic E-state index is 12.7. The molecule has 0 saturated carbocycles. The number of ether oxygens (including phenoxy) is 1. The SMILES string of the molecule is COC(=O)c1ccc(C)c2c1CCCN2C(=O)Cn1nnc(C)n1. The fourth-order valence-electron chi connectivity index (χ4n) is 3.06. The molecular formula is C16H19N5O3. The van der Waals surface area contributed by atoms with E-state index in [9.17, 15) is 9.59 Å². The summed E-state index contributed by atoms with van der Waals surface area (Å²) in [6.07, 6.45) is 1.53. The number of carbonyl (C=O) groups excluding carboxylic acids is 2. The number of benzene rings is 1. The van der Waals surface area contributed by atoms with Gasteiger partial charge in [0.2, 0.25) is 0 Å². The molecule has 8 nitrogen and oxygen atoms in total. The van der Waals surface area contributed by atoms with Crippen LogP contribution in [-0.4, -0.2) is 45.7 Å². The van der Waals surface area contributed by atoms with Crippen molar-refractivity contribution in [3.05, 3.63) is 34.6 Å². The summed E-state index contributed by atoms with van der Waals surface area (Å²) in [4.78, 5) is 27.7. The third-order valence-corrected chi connectivity index (χ3v) is 4.10. The number of esters is 1. The molecule has 1 aliphatic heterocycles. The third kappa shape index (κ3) is 2.86. The first kappa shape index (κ1) is 16.1. The van der Waals surface area contributed by atoms with Gasteiger partial charge in [-0.25, -0.2) is 4.79 Å². The number of hydrogen-bond acceptors (Lipinski definition) is 6. The molecule has 1 aromatic heterocycles. The molecule has 0 saturated heterocycles. The fraction of sp³-hybridized carbons (Fsp3) is 0.438. The summed E-state index contributed by atoms with van der Waals surface area (Å²) < 4.78 is 4.86. The Morgan fingerprint density at radius 1 is 1.29 bits per heavy atom. The number of aryl methyl sites for hydroxylation is 2. The van der Waals surface area contributed by atoms with Crippen LogP contribution in [0, 0.1) is 13.8 Å². The lowest BCUT2D eigenvalue weighted by molar-refractivity contribution is -0.119. The van der Waals surface area contributed by atoms with Crippen LogP contribution in [0.3, 0.4) is 0 Å². The molecule has 1 amide bonds. The van der Waals surface area contributed by atoms with E-state index in [1.807, 2.05) is 13.0 Å². The summed E-state index contributed by atoms with van der Waals surface area (Å²) in [5.41, 5.74) is 3.13. The second-order valence-electron chi connectivity index (χ2n) is 5.76. The summed E-state index contributed by atoms with van der Waals surface area (Å²) >= 11 is 0. The number of fused-ring (bicyclic) bond motifs is 1. The Bertz CT molecular complexity index is 799. The first-order valence-corrected chi connectivity index (χ1v) is 7.77. The summed E-state index contributed by atoms with van der Waals surface area (Å²) in [7, 11) is 1.36. The molecule has 24 heavy (non-hydrogen) atoms. The Kier molecular flexibility index (Phi) is 4.28. The molecule has 0 radical (unpaired) electrons. The largest absolute Gasteiger partial charge is 0.465 e. The van der Waals surface area contributed by atoms with Crippen molar-refractivity contribution in [2.75, 3.05) is 18.6 Å². The van der Waals surface area contributed by atoms with Crippen LogP contribution in [0.2, 0.25) is 0 Å². The molecule has 0 aliphatic carbocycles. The Morgan fingerprint density at radius 2 is 2.08 bits per heavy atom. The van der Waals surface area contributed by atoms with Crippen molar-refractivity contribution in [3.8, 4) is 0 Å². The highest BCUT2D eigenvalue weighted by Gasteiger charge is 2.28. The maximum Gasteiger partial charge on any atom is 0.338 e. The van der Waals surface area contributed by atoms with Gasteiger partial charge in [0.25, 0.3) is 5.91 Å². The van der Waals surface area contributed by atoms with Gasteiger partial charge in [-0.05, 0) is 49.1 Å². The molecule has 0 N–H and O–H groups in total. The summed E-state index contributed by atoms with van der Waals surface area (Å²) in [5, 5.41) is 11.7. The zero-order valence-corrected chi connectivity index (χ0v) is 13.9. The van der Waals surface area contributed by atoms with E-state index in [-0.39, 0.29) is 18.4 Å². The lowest BCUT2D eigenvalue weighted by atomic mass is 9.93. The van der Waals surface area contributed by atoms with Crippen LogP contribution >= 0.6 is 0 Å². The minimum Gasteiger partial charge on any atom is -0.465 e. The molecule has 1 aliphatic rings. The van der Waals surface area contributed by atoms with Gasteiger partial charge in [-0.2, -0.15) is 4.80 Å². The molecule has 0 atom stereocenters. The van der Waals surface area contributed by atoms with Crippen LogP contribution in [0.4, 0.5) is 5.69 Å². The third-order valence-electron chi connectivity index (χ3n) is 4.10. The van der Waals surface area contributed by atoms with Crippen molar-refractivity contribution >= 4 is 17.6 Å². The predicted molar refractivity (Wildman–Crippen MR) is 85.7 cm³/mol. The molecule has 0 fully saturated rings.